The van der Waals surface area contributed by atoms with Crippen LogP contribution in [0, 0.1) is 11.3 Å². The first kappa shape index (κ1) is 18.0. The lowest BCUT2D eigenvalue weighted by Crippen LogP contribution is -1.98. The Morgan fingerprint density at radius 3 is 2.41 bits per heavy atom. The maximum Gasteiger partial charge on any atom is 0.325 e. The fourth-order valence-electron chi connectivity index (χ4n) is 1.48. The molecular weight excluding hydrogens is 320 g/mol. The van der Waals surface area contributed by atoms with E-state index in [9.17, 15) is 13.7 Å². The fourth-order valence-corrected chi connectivity index (χ4v) is 2.58. The van der Waals surface area contributed by atoms with Gasteiger partial charge in [0.05, 0.1) is 11.8 Å². The smallest absolute Gasteiger partial charge is 0.268 e. The lowest BCUT2D eigenvalue weighted by molar-refractivity contribution is 0.345. The van der Waals surface area contributed by atoms with Gasteiger partial charge in [-0.05, 0) is 17.7 Å². The van der Waals surface area contributed by atoms with Crippen molar-refractivity contribution in [2.24, 2.45) is 5.16 Å². The highest BCUT2D eigenvalue weighted by atomic mass is 32.2. The van der Waals surface area contributed by atoms with Gasteiger partial charge in [0.1, 0.15) is 11.1 Å². The highest BCUT2D eigenvalue weighted by Crippen LogP contribution is 2.33. The van der Waals surface area contributed by atoms with Gasteiger partial charge in [0.2, 0.25) is 0 Å². The monoisotopic (exact) mass is 336 g/mol. The van der Waals surface area contributed by atoms with Crippen LogP contribution in [0.3, 0.4) is 0 Å². The van der Waals surface area contributed by atoms with E-state index in [2.05, 4.69) is 15.5 Å². The van der Waals surface area contributed by atoms with Crippen LogP contribution < -0.4 is 0 Å². The zero-order valence-corrected chi connectivity index (χ0v) is 14.1. The van der Waals surface area contributed by atoms with Crippen LogP contribution in [0.2, 0.25) is 0 Å². The molecule has 116 valence electrons. The molecule has 1 aromatic rings. The molecule has 0 aromatic heterocycles. The Bertz CT molecular complexity index is 743. The van der Waals surface area contributed by atoms with Crippen LogP contribution in [-0.2, 0) is 14.4 Å². The number of allylic oxidation sites excluding steroid dienone is 2. The van der Waals surface area contributed by atoms with E-state index in [0.717, 1.165) is 11.8 Å². The quantitative estimate of drug-likeness (QED) is 0.623. The van der Waals surface area contributed by atoms with Crippen LogP contribution in [-0.4, -0.2) is 19.7 Å². The number of thioether (sulfide) groups is 1. The molecule has 1 aliphatic rings. The first-order valence-corrected chi connectivity index (χ1v) is 9.15. The molecule has 0 spiro atoms. The van der Waals surface area contributed by atoms with Crippen molar-refractivity contribution in [2.45, 2.75) is 13.8 Å². The van der Waals surface area contributed by atoms with Gasteiger partial charge in [-0.1, -0.05) is 61.1 Å². The minimum Gasteiger partial charge on any atom is -0.268 e. The van der Waals surface area contributed by atoms with Crippen molar-refractivity contribution < 1.29 is 12.7 Å². The van der Waals surface area contributed by atoms with Crippen molar-refractivity contribution in [1.29, 1.82) is 5.26 Å². The molecule has 0 unspecified atom stereocenters. The maximum atomic E-state index is 10.9. The number of nitriles is 1. The Morgan fingerprint density at radius 1 is 1.23 bits per heavy atom. The van der Waals surface area contributed by atoms with E-state index >= 15 is 0 Å². The zero-order valence-electron chi connectivity index (χ0n) is 12.5. The minimum absolute atomic E-state index is 0.383. The van der Waals surface area contributed by atoms with Crippen molar-refractivity contribution in [3.05, 3.63) is 53.0 Å². The van der Waals surface area contributed by atoms with Gasteiger partial charge in [-0.15, -0.1) is 0 Å². The van der Waals surface area contributed by atoms with Crippen LogP contribution in [0.25, 0.3) is 5.57 Å². The molecule has 1 aromatic carbocycles. The second kappa shape index (κ2) is 8.41. The average Bonchev–Trinajstić information content (AvgIpc) is 2.97. The van der Waals surface area contributed by atoms with Gasteiger partial charge < -0.3 is 0 Å². The van der Waals surface area contributed by atoms with Crippen molar-refractivity contribution >= 4 is 32.5 Å². The minimum atomic E-state index is -3.62. The van der Waals surface area contributed by atoms with Gasteiger partial charge in [0.15, 0.2) is 0 Å². The van der Waals surface area contributed by atoms with E-state index in [1.165, 1.54) is 11.8 Å². The topological polar surface area (TPSA) is 79.5 Å². The van der Waals surface area contributed by atoms with Gasteiger partial charge in [0.25, 0.3) is 0 Å². The number of rotatable bonds is 3. The van der Waals surface area contributed by atoms with Crippen LogP contribution in [0.4, 0.5) is 0 Å². The number of nitrogens with zero attached hydrogens (tertiary/aromatic N) is 2. The Balaban J connectivity index is 0.00000116. The number of oxime groups is 1. The largest absolute Gasteiger partial charge is 0.325 e. The van der Waals surface area contributed by atoms with Crippen molar-refractivity contribution in [3.8, 4) is 6.07 Å². The molecule has 2 rings (SSSR count). The highest BCUT2D eigenvalue weighted by Gasteiger charge is 2.16. The van der Waals surface area contributed by atoms with Gasteiger partial charge >= 0.3 is 10.1 Å². The SMILES string of the molecule is CC.CS(=O)(=O)ON=C1C=C/C(=C(/C#N)c2ccccc2)S1. The second-order valence-electron chi connectivity index (χ2n) is 3.86. The van der Waals surface area contributed by atoms with Crippen molar-refractivity contribution in [1.82, 2.24) is 0 Å². The molecule has 0 bridgehead atoms. The van der Waals surface area contributed by atoms with Crippen LogP contribution >= 0.6 is 11.8 Å². The molecule has 0 N–H and O–H groups in total. The maximum absolute atomic E-state index is 10.9. The molecular formula is C15H16N2O3S2. The molecule has 5 nitrogen and oxygen atoms in total. The predicted molar refractivity (Wildman–Crippen MR) is 90.4 cm³/mol. The molecule has 0 saturated heterocycles. The summed E-state index contributed by atoms with van der Waals surface area (Å²) in [5, 5.41) is 13.2. The third-order valence-electron chi connectivity index (χ3n) is 2.28. The average molecular weight is 336 g/mol. The second-order valence-corrected chi connectivity index (χ2v) is 6.48. The van der Waals surface area contributed by atoms with Crippen LogP contribution in [0.1, 0.15) is 19.4 Å². The molecule has 7 heteroatoms. The standard InChI is InChI=1S/C13H10N2O3S2.C2H6/c1-20(16,17)18-15-13-8-7-12(19-13)11(9-14)10-5-3-2-4-6-10;1-2/h2-8H,1H3;1-2H3/b12-11+,15-13?;. The summed E-state index contributed by atoms with van der Waals surface area (Å²) >= 11 is 1.19. The lowest BCUT2D eigenvalue weighted by Gasteiger charge is -2.01. The summed E-state index contributed by atoms with van der Waals surface area (Å²) in [5.74, 6) is 0. The molecule has 1 aliphatic heterocycles. The molecule has 0 aliphatic carbocycles. The zero-order chi connectivity index (χ0) is 16.6. The van der Waals surface area contributed by atoms with E-state index in [0.29, 0.717) is 15.5 Å². The van der Waals surface area contributed by atoms with Crippen LogP contribution in [0.15, 0.2) is 52.5 Å². The third kappa shape index (κ3) is 5.39. The molecule has 1 heterocycles. The Hall–Kier alpha value is -2.04. The van der Waals surface area contributed by atoms with Gasteiger partial charge in [0, 0.05) is 4.91 Å². The van der Waals surface area contributed by atoms with Gasteiger partial charge in [-0.3, -0.25) is 4.28 Å². The predicted octanol–water partition coefficient (Wildman–Crippen LogP) is 3.54. The normalized spacial score (nSPS) is 17.5. The summed E-state index contributed by atoms with van der Waals surface area (Å²) in [5.41, 5.74) is 1.31. The Morgan fingerprint density at radius 2 is 1.86 bits per heavy atom. The number of benzene rings is 1. The molecule has 0 atom stereocenters. The fraction of sp³-hybridized carbons (Fsp3) is 0.200. The number of hydrogen-bond donors (Lipinski definition) is 0. The number of hydrogen-bond acceptors (Lipinski definition) is 6. The summed E-state index contributed by atoms with van der Waals surface area (Å²) in [6, 6.07) is 11.4. The third-order valence-corrected chi connectivity index (χ3v) is 3.60. The van der Waals surface area contributed by atoms with Gasteiger partial charge in [-0.25, -0.2) is 0 Å². The summed E-state index contributed by atoms with van der Waals surface area (Å²) in [7, 11) is -3.62. The van der Waals surface area contributed by atoms with Crippen molar-refractivity contribution in [3.63, 3.8) is 0 Å². The summed E-state index contributed by atoms with van der Waals surface area (Å²) in [4.78, 5) is 0.703. The summed E-state index contributed by atoms with van der Waals surface area (Å²) < 4.78 is 26.1. The summed E-state index contributed by atoms with van der Waals surface area (Å²) in [6.07, 6.45) is 4.23. The van der Waals surface area contributed by atoms with E-state index < -0.39 is 10.1 Å². The molecule has 0 saturated carbocycles. The molecule has 0 fully saturated rings. The molecule has 0 radical (unpaired) electrons. The lowest BCUT2D eigenvalue weighted by atomic mass is 10.1. The Kier molecular flexibility index (Phi) is 6.89. The molecule has 0 amide bonds. The van der Waals surface area contributed by atoms with E-state index in [4.69, 9.17) is 0 Å². The Labute approximate surface area is 135 Å². The van der Waals surface area contributed by atoms with E-state index in [1.54, 1.807) is 12.2 Å². The van der Waals surface area contributed by atoms with Gasteiger partial charge in [-0.2, -0.15) is 13.7 Å². The first-order chi connectivity index (χ1) is 10.5. The van der Waals surface area contributed by atoms with Crippen LogP contribution in [0.5, 0.6) is 0 Å². The van der Waals surface area contributed by atoms with Crippen molar-refractivity contribution in [2.75, 3.05) is 6.26 Å². The van der Waals surface area contributed by atoms with E-state index in [-0.39, 0.29) is 0 Å². The first-order valence-electron chi connectivity index (χ1n) is 6.52. The van der Waals surface area contributed by atoms with E-state index in [1.807, 2.05) is 44.2 Å². The molecule has 22 heavy (non-hydrogen) atoms. The summed E-state index contributed by atoms with van der Waals surface area (Å²) in [6.45, 7) is 4.00. The highest BCUT2D eigenvalue weighted by molar-refractivity contribution is 8.18.